The molecule has 6 heteroatoms. The van der Waals surface area contributed by atoms with Gasteiger partial charge in [-0.15, -0.1) is 0 Å². The number of rotatable bonds is 5. The Morgan fingerprint density at radius 1 is 1.29 bits per heavy atom. The first-order chi connectivity index (χ1) is 7.80. The van der Waals surface area contributed by atoms with Gasteiger partial charge in [0.25, 0.3) is 0 Å². The van der Waals surface area contributed by atoms with Crippen molar-refractivity contribution < 1.29 is 19.1 Å². The van der Waals surface area contributed by atoms with E-state index in [4.69, 9.17) is 4.74 Å². The third-order valence-corrected chi connectivity index (χ3v) is 1.86. The first-order valence-electron chi connectivity index (χ1n) is 5.52. The highest BCUT2D eigenvalue weighted by atomic mass is 16.6. The van der Waals surface area contributed by atoms with E-state index in [1.165, 1.54) is 7.11 Å². The van der Waals surface area contributed by atoms with Gasteiger partial charge in [0.1, 0.15) is 11.6 Å². The van der Waals surface area contributed by atoms with E-state index in [2.05, 4.69) is 15.4 Å². The average Bonchev–Trinajstić information content (AvgIpc) is 2.20. The van der Waals surface area contributed by atoms with Crippen molar-refractivity contribution in [3.63, 3.8) is 0 Å². The Bertz CT molecular complexity index is 261. The van der Waals surface area contributed by atoms with E-state index < -0.39 is 23.7 Å². The fraction of sp³-hybridized carbons (Fsp3) is 0.818. The van der Waals surface area contributed by atoms with Gasteiger partial charge in [-0.2, -0.15) is 0 Å². The summed E-state index contributed by atoms with van der Waals surface area (Å²) in [6.07, 6.45) is -0.174. The Balaban J connectivity index is 4.32. The van der Waals surface area contributed by atoms with Crippen molar-refractivity contribution in [1.29, 1.82) is 0 Å². The lowest BCUT2D eigenvalue weighted by Crippen LogP contribution is -2.45. The van der Waals surface area contributed by atoms with Crippen LogP contribution in [0, 0.1) is 0 Å². The lowest BCUT2D eigenvalue weighted by Gasteiger charge is -2.22. The molecule has 0 aliphatic carbocycles. The zero-order chi connectivity index (χ0) is 13.5. The number of carbonyl (C=O) groups excluding carboxylic acids is 2. The van der Waals surface area contributed by atoms with Crippen molar-refractivity contribution in [2.75, 3.05) is 20.7 Å². The summed E-state index contributed by atoms with van der Waals surface area (Å²) in [5.41, 5.74) is -0.590. The van der Waals surface area contributed by atoms with Gasteiger partial charge >= 0.3 is 12.1 Å². The maximum absolute atomic E-state index is 11.5. The van der Waals surface area contributed by atoms with Crippen LogP contribution in [0.2, 0.25) is 0 Å². The molecule has 0 aromatic carbocycles. The van der Waals surface area contributed by atoms with Crippen LogP contribution in [0.4, 0.5) is 4.79 Å². The zero-order valence-corrected chi connectivity index (χ0v) is 11.1. The summed E-state index contributed by atoms with van der Waals surface area (Å²) in [6, 6.07) is -0.692. The number of hydrogen-bond donors (Lipinski definition) is 2. The van der Waals surface area contributed by atoms with Gasteiger partial charge in [-0.25, -0.2) is 9.59 Å². The molecule has 17 heavy (non-hydrogen) atoms. The van der Waals surface area contributed by atoms with Gasteiger partial charge in [0.05, 0.1) is 7.11 Å². The fourth-order valence-electron chi connectivity index (χ4n) is 1.13. The normalized spacial score (nSPS) is 12.8. The quantitative estimate of drug-likeness (QED) is 0.697. The highest BCUT2D eigenvalue weighted by Crippen LogP contribution is 2.07. The largest absolute Gasteiger partial charge is 0.467 e. The molecular formula is C11H22N2O4. The van der Waals surface area contributed by atoms with E-state index >= 15 is 0 Å². The lowest BCUT2D eigenvalue weighted by molar-refractivity contribution is -0.143. The Hall–Kier alpha value is -1.30. The minimum absolute atomic E-state index is 0.447. The Morgan fingerprint density at radius 2 is 1.88 bits per heavy atom. The molecule has 0 aromatic heterocycles. The molecule has 0 bridgehead atoms. The third kappa shape index (κ3) is 7.57. The van der Waals surface area contributed by atoms with Crippen LogP contribution in [0.15, 0.2) is 0 Å². The number of amides is 1. The molecule has 2 N–H and O–H groups in total. The molecule has 0 saturated heterocycles. The standard InChI is InChI=1S/C11H22N2O4/c1-11(2,3)17-10(15)13-8(6-7-12-4)9(14)16-5/h8,12H,6-7H2,1-5H3,(H,13,15). The molecule has 0 aromatic rings. The number of hydrogen-bond acceptors (Lipinski definition) is 5. The molecule has 0 radical (unpaired) electrons. The molecule has 0 aliphatic heterocycles. The summed E-state index contributed by atoms with van der Waals surface area (Å²) in [6.45, 7) is 5.86. The predicted molar refractivity (Wildman–Crippen MR) is 63.7 cm³/mol. The van der Waals surface area contributed by atoms with Crippen LogP contribution in [0.1, 0.15) is 27.2 Å². The van der Waals surface area contributed by atoms with Gasteiger partial charge in [-0.1, -0.05) is 0 Å². The van der Waals surface area contributed by atoms with Crippen molar-refractivity contribution >= 4 is 12.1 Å². The monoisotopic (exact) mass is 246 g/mol. The smallest absolute Gasteiger partial charge is 0.408 e. The number of carbonyl (C=O) groups is 2. The van der Waals surface area contributed by atoms with E-state index in [1.54, 1.807) is 27.8 Å². The van der Waals surface area contributed by atoms with E-state index in [0.29, 0.717) is 13.0 Å². The van der Waals surface area contributed by atoms with E-state index in [0.717, 1.165) is 0 Å². The second-order valence-corrected chi connectivity index (χ2v) is 4.61. The van der Waals surface area contributed by atoms with Crippen molar-refractivity contribution in [3.05, 3.63) is 0 Å². The van der Waals surface area contributed by atoms with Gasteiger partial charge in [0, 0.05) is 0 Å². The van der Waals surface area contributed by atoms with Crippen molar-refractivity contribution in [2.24, 2.45) is 0 Å². The Morgan fingerprint density at radius 3 is 2.29 bits per heavy atom. The summed E-state index contributed by atoms with van der Waals surface area (Å²) < 4.78 is 9.67. The molecule has 1 amide bonds. The van der Waals surface area contributed by atoms with Gasteiger partial charge in [0.15, 0.2) is 0 Å². The van der Waals surface area contributed by atoms with Gasteiger partial charge in [0.2, 0.25) is 0 Å². The summed E-state index contributed by atoms with van der Waals surface area (Å²) in [5.74, 6) is -0.480. The molecular weight excluding hydrogens is 224 g/mol. The molecule has 0 aliphatic rings. The number of esters is 1. The maximum Gasteiger partial charge on any atom is 0.408 e. The second-order valence-electron chi connectivity index (χ2n) is 4.61. The topological polar surface area (TPSA) is 76.7 Å². The van der Waals surface area contributed by atoms with E-state index in [1.807, 2.05) is 0 Å². The molecule has 1 atom stereocenters. The molecule has 1 unspecified atom stereocenters. The molecule has 6 nitrogen and oxygen atoms in total. The third-order valence-electron chi connectivity index (χ3n) is 1.86. The minimum atomic E-state index is -0.692. The van der Waals surface area contributed by atoms with Gasteiger partial charge in [-0.3, -0.25) is 0 Å². The number of alkyl carbamates (subject to hydrolysis) is 1. The van der Waals surface area contributed by atoms with Crippen LogP contribution in [0.25, 0.3) is 0 Å². The summed E-state index contributed by atoms with van der Waals surface area (Å²) in [7, 11) is 3.05. The Kier molecular flexibility index (Phi) is 6.57. The van der Waals surface area contributed by atoms with Gasteiger partial charge in [-0.05, 0) is 40.8 Å². The SMILES string of the molecule is CNCCC(NC(=O)OC(C)(C)C)C(=O)OC. The molecule has 0 rings (SSSR count). The van der Waals surface area contributed by atoms with Crippen LogP contribution in [-0.2, 0) is 14.3 Å². The first kappa shape index (κ1) is 15.7. The van der Waals surface area contributed by atoms with Crippen LogP contribution in [0.3, 0.4) is 0 Å². The maximum atomic E-state index is 11.5. The molecule has 100 valence electrons. The highest BCUT2D eigenvalue weighted by molar-refractivity contribution is 5.81. The zero-order valence-electron chi connectivity index (χ0n) is 11.1. The van der Waals surface area contributed by atoms with Crippen molar-refractivity contribution in [1.82, 2.24) is 10.6 Å². The van der Waals surface area contributed by atoms with Crippen molar-refractivity contribution in [2.45, 2.75) is 38.8 Å². The highest BCUT2D eigenvalue weighted by Gasteiger charge is 2.24. The van der Waals surface area contributed by atoms with Crippen molar-refractivity contribution in [3.8, 4) is 0 Å². The minimum Gasteiger partial charge on any atom is -0.467 e. The second kappa shape index (κ2) is 7.11. The average molecular weight is 246 g/mol. The Labute approximate surface area is 102 Å². The molecule has 0 fully saturated rings. The van der Waals surface area contributed by atoms with E-state index in [-0.39, 0.29) is 0 Å². The van der Waals surface area contributed by atoms with Crippen LogP contribution >= 0.6 is 0 Å². The fourth-order valence-corrected chi connectivity index (χ4v) is 1.13. The predicted octanol–water partition coefficient (Wildman–Crippen LogP) is 0.662. The summed E-state index contributed by atoms with van der Waals surface area (Å²) in [4.78, 5) is 22.9. The molecule has 0 heterocycles. The van der Waals surface area contributed by atoms with Crippen LogP contribution in [0.5, 0.6) is 0 Å². The molecule has 0 saturated carbocycles. The number of methoxy groups -OCH3 is 1. The van der Waals surface area contributed by atoms with Crippen LogP contribution < -0.4 is 10.6 Å². The van der Waals surface area contributed by atoms with Gasteiger partial charge < -0.3 is 20.1 Å². The lowest BCUT2D eigenvalue weighted by atomic mass is 10.2. The number of nitrogens with one attached hydrogen (secondary N) is 2. The number of ether oxygens (including phenoxy) is 2. The first-order valence-corrected chi connectivity index (χ1v) is 5.52. The van der Waals surface area contributed by atoms with Crippen LogP contribution in [-0.4, -0.2) is 44.4 Å². The molecule has 0 spiro atoms. The summed E-state index contributed by atoms with van der Waals surface area (Å²) >= 11 is 0. The van der Waals surface area contributed by atoms with E-state index in [9.17, 15) is 9.59 Å². The summed E-state index contributed by atoms with van der Waals surface area (Å²) in [5, 5.41) is 5.38.